The van der Waals surface area contributed by atoms with E-state index in [0.29, 0.717) is 19.3 Å². The fourth-order valence-electron chi connectivity index (χ4n) is 8.34. The summed E-state index contributed by atoms with van der Waals surface area (Å²) in [6, 6.07) is -1.65. The molecule has 0 aromatic rings. The van der Waals surface area contributed by atoms with Gasteiger partial charge in [-0.25, -0.2) is 4.79 Å². The molecule has 0 heterocycles. The number of aliphatic hydroxyl groups is 2. The van der Waals surface area contributed by atoms with Gasteiger partial charge in [0, 0.05) is 18.3 Å². The highest BCUT2D eigenvalue weighted by atomic mass is 16.5. The fraction of sp³-hybridized carbons (Fsp3) is 0.724. The number of esters is 1. The van der Waals surface area contributed by atoms with Gasteiger partial charge in [0.25, 0.3) is 0 Å². The van der Waals surface area contributed by atoms with Gasteiger partial charge in [-0.3, -0.25) is 24.0 Å². The molecule has 0 unspecified atom stereocenters. The lowest BCUT2D eigenvalue weighted by Gasteiger charge is -2.60. The quantitative estimate of drug-likeness (QED) is 0.233. The highest BCUT2D eigenvalue weighted by Crippen LogP contribution is 2.67. The SMILES string of the molecule is C[C@]12CCC(=O)C=C1CC[C@H]1[C@H]2[C@@H](O)C[C@@]2(C)[C@@H]1CC[C@]2(O)C(=O)COC(=O)CCC(=O)N[C@H](CC(=O)O)C(=O)O. The van der Waals surface area contributed by atoms with E-state index >= 15 is 0 Å². The number of nitrogens with one attached hydrogen (secondary N) is 1. The molecule has 226 valence electrons. The van der Waals surface area contributed by atoms with E-state index < -0.39 is 78.6 Å². The van der Waals surface area contributed by atoms with Crippen molar-refractivity contribution in [1.82, 2.24) is 5.32 Å². The summed E-state index contributed by atoms with van der Waals surface area (Å²) in [7, 11) is 0. The molecule has 0 aliphatic heterocycles. The number of ether oxygens (including phenoxy) is 1. The molecule has 12 nitrogen and oxygen atoms in total. The Morgan fingerprint density at radius 1 is 1.07 bits per heavy atom. The second kappa shape index (κ2) is 11.3. The molecule has 8 atom stereocenters. The maximum absolute atomic E-state index is 13.3. The van der Waals surface area contributed by atoms with Crippen molar-refractivity contribution in [3.05, 3.63) is 11.6 Å². The summed E-state index contributed by atoms with van der Waals surface area (Å²) in [5.41, 5.74) is -1.97. The number of aliphatic hydroxyl groups excluding tert-OH is 1. The van der Waals surface area contributed by atoms with Crippen LogP contribution in [0.5, 0.6) is 0 Å². The summed E-state index contributed by atoms with van der Waals surface area (Å²) in [4.78, 5) is 71.5. The van der Waals surface area contributed by atoms with Crippen LogP contribution in [0.2, 0.25) is 0 Å². The Morgan fingerprint density at radius 3 is 2.44 bits per heavy atom. The molecule has 0 bridgehead atoms. The van der Waals surface area contributed by atoms with E-state index in [4.69, 9.17) is 14.9 Å². The number of rotatable bonds is 10. The Morgan fingerprint density at radius 2 is 1.78 bits per heavy atom. The second-order valence-corrected chi connectivity index (χ2v) is 12.6. The lowest BCUT2D eigenvalue weighted by atomic mass is 9.45. The lowest BCUT2D eigenvalue weighted by molar-refractivity contribution is -0.184. The predicted molar refractivity (Wildman–Crippen MR) is 140 cm³/mol. The predicted octanol–water partition coefficient (Wildman–Crippen LogP) is 1.16. The molecule has 5 N–H and O–H groups in total. The molecule has 0 saturated heterocycles. The average Bonchev–Trinajstić information content (AvgIpc) is 3.16. The van der Waals surface area contributed by atoms with Crippen LogP contribution in [0.3, 0.4) is 0 Å². The van der Waals surface area contributed by atoms with E-state index in [2.05, 4.69) is 6.92 Å². The Labute approximate surface area is 237 Å². The number of carboxylic acids is 2. The maximum Gasteiger partial charge on any atom is 0.326 e. The van der Waals surface area contributed by atoms with Gasteiger partial charge < -0.3 is 30.5 Å². The van der Waals surface area contributed by atoms with Crippen molar-refractivity contribution in [3.8, 4) is 0 Å². The molecule has 12 heteroatoms. The molecule has 0 aromatic carbocycles. The molecule has 4 aliphatic carbocycles. The first-order valence-electron chi connectivity index (χ1n) is 14.2. The van der Waals surface area contributed by atoms with Gasteiger partial charge in [-0.05, 0) is 67.8 Å². The van der Waals surface area contributed by atoms with Gasteiger partial charge in [-0.15, -0.1) is 0 Å². The number of hydrogen-bond donors (Lipinski definition) is 5. The van der Waals surface area contributed by atoms with Crippen LogP contribution in [0.1, 0.15) is 78.1 Å². The topological polar surface area (TPSA) is 205 Å². The molecule has 3 saturated carbocycles. The van der Waals surface area contributed by atoms with Gasteiger partial charge in [-0.1, -0.05) is 19.4 Å². The highest BCUT2D eigenvalue weighted by molar-refractivity contribution is 5.92. The monoisotopic (exact) mass is 577 g/mol. The van der Waals surface area contributed by atoms with Gasteiger partial charge >= 0.3 is 17.9 Å². The molecule has 0 radical (unpaired) electrons. The van der Waals surface area contributed by atoms with E-state index in [-0.39, 0.29) is 41.8 Å². The number of hydrogen-bond acceptors (Lipinski definition) is 9. The first kappa shape index (κ1) is 30.8. The van der Waals surface area contributed by atoms with Crippen LogP contribution in [-0.2, 0) is 33.5 Å². The van der Waals surface area contributed by atoms with Crippen LogP contribution in [-0.4, -0.2) is 80.2 Å². The van der Waals surface area contributed by atoms with Crippen LogP contribution < -0.4 is 5.32 Å². The molecule has 41 heavy (non-hydrogen) atoms. The molecule has 4 rings (SSSR count). The van der Waals surface area contributed by atoms with Gasteiger partial charge in [0.2, 0.25) is 11.7 Å². The van der Waals surface area contributed by atoms with E-state index in [0.717, 1.165) is 18.4 Å². The third-order valence-corrected chi connectivity index (χ3v) is 10.4. The van der Waals surface area contributed by atoms with Crippen molar-refractivity contribution < 1.29 is 53.9 Å². The Balaban J connectivity index is 1.36. The molecule has 3 fully saturated rings. The van der Waals surface area contributed by atoms with Gasteiger partial charge in [0.05, 0.1) is 18.9 Å². The zero-order chi connectivity index (χ0) is 30.3. The largest absolute Gasteiger partial charge is 0.481 e. The number of carbonyl (C=O) groups is 6. The summed E-state index contributed by atoms with van der Waals surface area (Å²) in [5.74, 6) is -5.32. The third kappa shape index (κ3) is 5.55. The van der Waals surface area contributed by atoms with E-state index in [1.807, 2.05) is 12.2 Å². The number of fused-ring (bicyclic) bond motifs is 5. The maximum atomic E-state index is 13.3. The standard InChI is InChI=1S/C29H39NO11/c1-27-9-7-16(31)11-15(27)3-4-17-18-8-10-29(40,28(18,2)13-20(32)25(17)27)21(33)14-41-24(37)6-5-22(34)30-19(26(38)39)12-23(35)36/h11,17-20,25,32,40H,3-10,12-14H2,1-2H3,(H,30,34)(H,35,36)(H,38,39)/t17-,18-,19-,20+,25+,27+,28+,29+/m1/s1. The highest BCUT2D eigenvalue weighted by Gasteiger charge is 2.68. The summed E-state index contributed by atoms with van der Waals surface area (Å²) in [6.45, 7) is 3.23. The first-order chi connectivity index (χ1) is 19.1. The Bertz CT molecular complexity index is 1180. The van der Waals surface area contributed by atoms with Crippen molar-refractivity contribution in [2.24, 2.45) is 28.6 Å². The number of Topliss-reactive ketones (excluding diaryl/α,β-unsaturated/α-hetero) is 1. The number of amides is 1. The van der Waals surface area contributed by atoms with E-state index in [1.165, 1.54) is 0 Å². The Hall–Kier alpha value is -3.12. The first-order valence-corrected chi connectivity index (χ1v) is 14.2. The number of aliphatic carboxylic acids is 2. The van der Waals surface area contributed by atoms with Crippen molar-refractivity contribution in [3.63, 3.8) is 0 Å². The minimum absolute atomic E-state index is 0.0340. The average molecular weight is 578 g/mol. The molecule has 0 spiro atoms. The van der Waals surface area contributed by atoms with Crippen LogP contribution in [0, 0.1) is 28.6 Å². The summed E-state index contributed by atoms with van der Waals surface area (Å²) < 4.78 is 5.06. The third-order valence-electron chi connectivity index (χ3n) is 10.4. The van der Waals surface area contributed by atoms with Crippen LogP contribution in [0.4, 0.5) is 0 Å². The van der Waals surface area contributed by atoms with Crippen molar-refractivity contribution in [1.29, 1.82) is 0 Å². The molecular formula is C29H39NO11. The van der Waals surface area contributed by atoms with Crippen LogP contribution in [0.15, 0.2) is 11.6 Å². The molecule has 4 aliphatic rings. The van der Waals surface area contributed by atoms with E-state index in [1.54, 1.807) is 6.08 Å². The normalized spacial score (nSPS) is 36.6. The number of allylic oxidation sites excluding steroid dienone is 1. The van der Waals surface area contributed by atoms with Gasteiger partial charge in [-0.2, -0.15) is 0 Å². The van der Waals surface area contributed by atoms with Crippen LogP contribution in [0.25, 0.3) is 0 Å². The van der Waals surface area contributed by atoms with Crippen LogP contribution >= 0.6 is 0 Å². The summed E-state index contributed by atoms with van der Waals surface area (Å²) >= 11 is 0. The summed E-state index contributed by atoms with van der Waals surface area (Å²) in [6.07, 6.45) is 2.74. The summed E-state index contributed by atoms with van der Waals surface area (Å²) in [5, 5.41) is 43.0. The number of carbonyl (C=O) groups excluding carboxylic acids is 4. The van der Waals surface area contributed by atoms with E-state index in [9.17, 15) is 39.0 Å². The van der Waals surface area contributed by atoms with Gasteiger partial charge in [0.1, 0.15) is 11.6 Å². The zero-order valence-corrected chi connectivity index (χ0v) is 23.4. The second-order valence-electron chi connectivity index (χ2n) is 12.6. The lowest BCUT2D eigenvalue weighted by Crippen LogP contribution is -2.62. The Kier molecular flexibility index (Phi) is 8.48. The van der Waals surface area contributed by atoms with Gasteiger partial charge in [0.15, 0.2) is 12.4 Å². The molecular weight excluding hydrogens is 538 g/mol. The minimum Gasteiger partial charge on any atom is -0.481 e. The molecule has 0 aromatic heterocycles. The van der Waals surface area contributed by atoms with Crippen molar-refractivity contribution >= 4 is 35.4 Å². The molecule has 1 amide bonds. The minimum atomic E-state index is -1.81. The fourth-order valence-corrected chi connectivity index (χ4v) is 8.34. The van der Waals surface area contributed by atoms with Crippen molar-refractivity contribution in [2.75, 3.05) is 6.61 Å². The smallest absolute Gasteiger partial charge is 0.326 e. The zero-order valence-electron chi connectivity index (χ0n) is 23.4. The van der Waals surface area contributed by atoms with Crippen molar-refractivity contribution in [2.45, 2.75) is 95.8 Å². The number of carboxylic acid groups (broad SMARTS) is 2. The number of ketones is 2.